The topological polar surface area (TPSA) is 17.8 Å². The summed E-state index contributed by atoms with van der Waals surface area (Å²) >= 11 is 0. The second kappa shape index (κ2) is 5.05. The van der Waals surface area contributed by atoms with Gasteiger partial charge in [-0.2, -0.15) is 0 Å². The van der Waals surface area contributed by atoms with Crippen LogP contribution in [0, 0.1) is 5.92 Å². The first kappa shape index (κ1) is 10.3. The highest BCUT2D eigenvalue weighted by atomic mass is 15.0. The molecule has 2 atom stereocenters. The van der Waals surface area contributed by atoms with Crippen molar-refractivity contribution in [2.45, 2.75) is 46.1 Å². The summed E-state index contributed by atoms with van der Waals surface area (Å²) in [6.45, 7) is 6.83. The number of imidazole rings is 1. The Kier molecular flexibility index (Phi) is 4.00. The van der Waals surface area contributed by atoms with Gasteiger partial charge in [-0.05, 0) is 19.3 Å². The quantitative estimate of drug-likeness (QED) is 0.680. The van der Waals surface area contributed by atoms with E-state index in [1.54, 1.807) is 0 Å². The van der Waals surface area contributed by atoms with Crippen molar-refractivity contribution in [2.24, 2.45) is 5.92 Å². The molecule has 1 rings (SSSR count). The molecule has 1 heterocycles. The predicted octanol–water partition coefficient (Wildman–Crippen LogP) is 3.27. The van der Waals surface area contributed by atoms with Gasteiger partial charge < -0.3 is 4.57 Å². The zero-order valence-electron chi connectivity index (χ0n) is 8.90. The van der Waals surface area contributed by atoms with Gasteiger partial charge >= 0.3 is 0 Å². The first-order valence-corrected chi connectivity index (χ1v) is 5.23. The van der Waals surface area contributed by atoms with E-state index in [4.69, 9.17) is 0 Å². The highest BCUT2D eigenvalue weighted by Gasteiger charge is 2.12. The molecule has 1 aromatic rings. The zero-order chi connectivity index (χ0) is 9.68. The van der Waals surface area contributed by atoms with Crippen LogP contribution in [0.15, 0.2) is 18.7 Å². The SMILES string of the molecule is CCCCC(C)C(C)n1ccnc1. The first-order chi connectivity index (χ1) is 6.25. The van der Waals surface area contributed by atoms with Crippen LogP contribution in [0.3, 0.4) is 0 Å². The zero-order valence-corrected chi connectivity index (χ0v) is 8.90. The molecule has 0 fully saturated rings. The highest BCUT2D eigenvalue weighted by molar-refractivity contribution is 4.80. The van der Waals surface area contributed by atoms with E-state index in [1.165, 1.54) is 19.3 Å². The number of nitrogens with zero attached hydrogens (tertiary/aromatic N) is 2. The van der Waals surface area contributed by atoms with Gasteiger partial charge in [-0.15, -0.1) is 0 Å². The van der Waals surface area contributed by atoms with Crippen molar-refractivity contribution in [3.8, 4) is 0 Å². The molecular weight excluding hydrogens is 160 g/mol. The maximum Gasteiger partial charge on any atom is 0.0948 e. The number of aromatic nitrogens is 2. The monoisotopic (exact) mass is 180 g/mol. The molecule has 1 aromatic heterocycles. The maximum atomic E-state index is 4.07. The van der Waals surface area contributed by atoms with Gasteiger partial charge in [0, 0.05) is 18.4 Å². The Morgan fingerprint density at radius 1 is 1.38 bits per heavy atom. The molecule has 0 aromatic carbocycles. The Morgan fingerprint density at radius 2 is 2.15 bits per heavy atom. The number of unbranched alkanes of at least 4 members (excludes halogenated alkanes) is 1. The molecule has 0 aliphatic carbocycles. The summed E-state index contributed by atoms with van der Waals surface area (Å²) in [6.07, 6.45) is 9.75. The summed E-state index contributed by atoms with van der Waals surface area (Å²) < 4.78 is 2.19. The molecule has 0 bridgehead atoms. The number of hydrogen-bond acceptors (Lipinski definition) is 1. The molecule has 2 heteroatoms. The van der Waals surface area contributed by atoms with Gasteiger partial charge in [-0.1, -0.05) is 26.7 Å². The minimum absolute atomic E-state index is 0.578. The second-order valence-corrected chi connectivity index (χ2v) is 3.87. The lowest BCUT2D eigenvalue weighted by atomic mass is 9.97. The molecule has 0 radical (unpaired) electrons. The second-order valence-electron chi connectivity index (χ2n) is 3.87. The third kappa shape index (κ3) is 2.87. The van der Waals surface area contributed by atoms with Gasteiger partial charge in [0.25, 0.3) is 0 Å². The van der Waals surface area contributed by atoms with Gasteiger partial charge in [0.2, 0.25) is 0 Å². The molecule has 0 aliphatic rings. The molecule has 13 heavy (non-hydrogen) atoms. The molecule has 2 unspecified atom stereocenters. The molecule has 0 amide bonds. The van der Waals surface area contributed by atoms with Crippen LogP contribution in [-0.2, 0) is 0 Å². The van der Waals surface area contributed by atoms with Crippen molar-refractivity contribution in [2.75, 3.05) is 0 Å². The predicted molar refractivity (Wildman–Crippen MR) is 55.6 cm³/mol. The number of rotatable bonds is 5. The largest absolute Gasteiger partial charge is 0.334 e. The first-order valence-electron chi connectivity index (χ1n) is 5.23. The van der Waals surface area contributed by atoms with Crippen LogP contribution in [0.5, 0.6) is 0 Å². The summed E-state index contributed by atoms with van der Waals surface area (Å²) in [4.78, 5) is 4.07. The van der Waals surface area contributed by atoms with Crippen molar-refractivity contribution >= 4 is 0 Å². The minimum atomic E-state index is 0.578. The minimum Gasteiger partial charge on any atom is -0.334 e. The highest BCUT2D eigenvalue weighted by Crippen LogP contribution is 2.21. The molecular formula is C11H20N2. The normalized spacial score (nSPS) is 15.6. The fraction of sp³-hybridized carbons (Fsp3) is 0.727. The van der Waals surface area contributed by atoms with Crippen molar-refractivity contribution in [3.05, 3.63) is 18.7 Å². The summed E-state index contributed by atoms with van der Waals surface area (Å²) in [5, 5.41) is 0. The van der Waals surface area contributed by atoms with Crippen molar-refractivity contribution in [1.29, 1.82) is 0 Å². The third-order valence-corrected chi connectivity index (χ3v) is 2.83. The lowest BCUT2D eigenvalue weighted by Crippen LogP contribution is -2.12. The standard InChI is InChI=1S/C11H20N2/c1-4-5-6-10(2)11(3)13-8-7-12-9-13/h7-11H,4-6H2,1-3H3. The number of hydrogen-bond donors (Lipinski definition) is 0. The average molecular weight is 180 g/mol. The Bertz CT molecular complexity index is 216. The lowest BCUT2D eigenvalue weighted by Gasteiger charge is -2.20. The maximum absolute atomic E-state index is 4.07. The fourth-order valence-corrected chi connectivity index (χ4v) is 1.57. The Labute approximate surface area is 81.0 Å². The van der Waals surface area contributed by atoms with E-state index >= 15 is 0 Å². The Balaban J connectivity index is 2.43. The van der Waals surface area contributed by atoms with E-state index in [-0.39, 0.29) is 0 Å². The summed E-state index contributed by atoms with van der Waals surface area (Å²) in [6, 6.07) is 0.578. The Hall–Kier alpha value is -0.790. The van der Waals surface area contributed by atoms with Crippen LogP contribution in [0.25, 0.3) is 0 Å². The average Bonchev–Trinajstić information content (AvgIpc) is 2.65. The molecule has 2 nitrogen and oxygen atoms in total. The van der Waals surface area contributed by atoms with Crippen LogP contribution in [0.1, 0.15) is 46.1 Å². The third-order valence-electron chi connectivity index (χ3n) is 2.83. The van der Waals surface area contributed by atoms with Crippen LogP contribution in [0.2, 0.25) is 0 Å². The van der Waals surface area contributed by atoms with Gasteiger partial charge in [-0.25, -0.2) is 4.98 Å². The van der Waals surface area contributed by atoms with Crippen LogP contribution in [-0.4, -0.2) is 9.55 Å². The molecule has 0 spiro atoms. The summed E-state index contributed by atoms with van der Waals surface area (Å²) in [7, 11) is 0. The Morgan fingerprint density at radius 3 is 2.69 bits per heavy atom. The van der Waals surface area contributed by atoms with Crippen LogP contribution >= 0.6 is 0 Å². The van der Waals surface area contributed by atoms with Gasteiger partial charge in [-0.3, -0.25) is 0 Å². The fourth-order valence-electron chi connectivity index (χ4n) is 1.57. The molecule has 0 saturated heterocycles. The summed E-state index contributed by atoms with van der Waals surface area (Å²) in [5.41, 5.74) is 0. The molecule has 0 aliphatic heterocycles. The van der Waals surface area contributed by atoms with E-state index < -0.39 is 0 Å². The van der Waals surface area contributed by atoms with E-state index in [1.807, 2.05) is 18.7 Å². The van der Waals surface area contributed by atoms with Crippen LogP contribution < -0.4 is 0 Å². The smallest absolute Gasteiger partial charge is 0.0948 e. The molecule has 0 saturated carbocycles. The van der Waals surface area contributed by atoms with E-state index in [9.17, 15) is 0 Å². The van der Waals surface area contributed by atoms with E-state index in [0.717, 1.165) is 5.92 Å². The summed E-state index contributed by atoms with van der Waals surface area (Å²) in [5.74, 6) is 0.745. The van der Waals surface area contributed by atoms with Crippen molar-refractivity contribution < 1.29 is 0 Å². The van der Waals surface area contributed by atoms with E-state index in [0.29, 0.717) is 6.04 Å². The molecule has 74 valence electrons. The van der Waals surface area contributed by atoms with Gasteiger partial charge in [0.05, 0.1) is 6.33 Å². The van der Waals surface area contributed by atoms with Crippen molar-refractivity contribution in [3.63, 3.8) is 0 Å². The van der Waals surface area contributed by atoms with Crippen molar-refractivity contribution in [1.82, 2.24) is 9.55 Å². The van der Waals surface area contributed by atoms with Gasteiger partial charge in [0.1, 0.15) is 0 Å². The van der Waals surface area contributed by atoms with Gasteiger partial charge in [0.15, 0.2) is 0 Å². The lowest BCUT2D eigenvalue weighted by molar-refractivity contribution is 0.350. The van der Waals surface area contributed by atoms with Crippen LogP contribution in [0.4, 0.5) is 0 Å². The van der Waals surface area contributed by atoms with E-state index in [2.05, 4.69) is 30.3 Å². The molecule has 0 N–H and O–H groups in total.